The Bertz CT molecular complexity index is 989. The lowest BCUT2D eigenvalue weighted by Gasteiger charge is -2.07. The van der Waals surface area contributed by atoms with E-state index in [0.29, 0.717) is 23.4 Å². The van der Waals surface area contributed by atoms with Gasteiger partial charge < -0.3 is 20.6 Å². The lowest BCUT2D eigenvalue weighted by atomic mass is 10.1. The molecule has 3 aromatic rings. The summed E-state index contributed by atoms with van der Waals surface area (Å²) < 4.78 is 0. The van der Waals surface area contributed by atoms with Gasteiger partial charge in [-0.3, -0.25) is 14.4 Å². The number of H-pyrrole nitrogens is 2. The Morgan fingerprint density at radius 2 is 2.04 bits per heavy atom. The van der Waals surface area contributed by atoms with Gasteiger partial charge in [-0.25, -0.2) is 4.98 Å². The Kier molecular flexibility index (Phi) is 4.60. The predicted octanol–water partition coefficient (Wildman–Crippen LogP) is 1.64. The Morgan fingerprint density at radius 3 is 2.84 bits per heavy atom. The Morgan fingerprint density at radius 1 is 1.20 bits per heavy atom. The fraction of sp³-hybridized carbons (Fsp3) is 0.176. The molecule has 3 rings (SSSR count). The van der Waals surface area contributed by atoms with E-state index in [2.05, 4.69) is 25.6 Å². The van der Waals surface area contributed by atoms with Crippen LogP contribution in [0.5, 0.6) is 0 Å². The summed E-state index contributed by atoms with van der Waals surface area (Å²) in [5, 5.41) is 5.67. The van der Waals surface area contributed by atoms with E-state index >= 15 is 0 Å². The molecule has 25 heavy (non-hydrogen) atoms. The first-order chi connectivity index (χ1) is 12.1. The number of hydrogen-bond donors (Lipinski definition) is 4. The van der Waals surface area contributed by atoms with Gasteiger partial charge in [0.05, 0.1) is 17.3 Å². The van der Waals surface area contributed by atoms with Gasteiger partial charge in [0.15, 0.2) is 0 Å². The number of amides is 2. The van der Waals surface area contributed by atoms with Crippen LogP contribution in [0.15, 0.2) is 41.6 Å². The summed E-state index contributed by atoms with van der Waals surface area (Å²) in [6.07, 6.45) is 3.53. The van der Waals surface area contributed by atoms with Crippen LogP contribution in [0, 0.1) is 0 Å². The fourth-order valence-corrected chi connectivity index (χ4v) is 2.43. The molecule has 0 radical (unpaired) electrons. The number of benzene rings is 1. The van der Waals surface area contributed by atoms with Crippen molar-refractivity contribution >= 4 is 28.5 Å². The van der Waals surface area contributed by atoms with Gasteiger partial charge in [-0.05, 0) is 24.6 Å². The number of hydrogen-bond acceptors (Lipinski definition) is 4. The first kappa shape index (κ1) is 16.4. The molecule has 128 valence electrons. The van der Waals surface area contributed by atoms with Crippen molar-refractivity contribution in [3.8, 4) is 0 Å². The summed E-state index contributed by atoms with van der Waals surface area (Å²) in [6.45, 7) is 2.55. The Hall–Kier alpha value is -3.42. The average Bonchev–Trinajstić information content (AvgIpc) is 3.05. The highest BCUT2D eigenvalue weighted by Crippen LogP contribution is 2.16. The highest BCUT2D eigenvalue weighted by molar-refractivity contribution is 6.12. The molecule has 8 heteroatoms. The van der Waals surface area contributed by atoms with E-state index in [4.69, 9.17) is 0 Å². The zero-order valence-electron chi connectivity index (χ0n) is 13.6. The minimum Gasteiger partial charge on any atom is -0.352 e. The second kappa shape index (κ2) is 7.00. The molecule has 0 aliphatic carbocycles. The number of aromatic nitrogens is 3. The van der Waals surface area contributed by atoms with Crippen molar-refractivity contribution in [2.75, 3.05) is 11.9 Å². The summed E-state index contributed by atoms with van der Waals surface area (Å²) in [4.78, 5) is 45.6. The van der Waals surface area contributed by atoms with E-state index < -0.39 is 11.5 Å². The van der Waals surface area contributed by atoms with Crippen LogP contribution < -0.4 is 16.2 Å². The molecule has 0 bridgehead atoms. The van der Waals surface area contributed by atoms with Crippen LogP contribution in [-0.4, -0.2) is 33.3 Å². The summed E-state index contributed by atoms with van der Waals surface area (Å²) in [7, 11) is 0. The number of aromatic amines is 2. The van der Waals surface area contributed by atoms with Gasteiger partial charge in [-0.1, -0.05) is 13.0 Å². The lowest BCUT2D eigenvalue weighted by molar-refractivity contribution is 0.0952. The van der Waals surface area contributed by atoms with Gasteiger partial charge in [0.25, 0.3) is 17.4 Å². The average molecular weight is 339 g/mol. The van der Waals surface area contributed by atoms with Crippen LogP contribution in [0.2, 0.25) is 0 Å². The Balaban J connectivity index is 1.83. The molecular weight excluding hydrogens is 322 g/mol. The predicted molar refractivity (Wildman–Crippen MR) is 93.7 cm³/mol. The summed E-state index contributed by atoms with van der Waals surface area (Å²) >= 11 is 0. The highest BCUT2D eigenvalue weighted by atomic mass is 16.2. The number of carbonyl (C=O) groups is 2. The van der Waals surface area contributed by atoms with Gasteiger partial charge in [-0.15, -0.1) is 0 Å². The van der Waals surface area contributed by atoms with E-state index in [1.54, 1.807) is 24.3 Å². The quantitative estimate of drug-likeness (QED) is 0.565. The molecule has 0 aliphatic heterocycles. The molecule has 0 saturated heterocycles. The molecule has 0 aliphatic rings. The maximum absolute atomic E-state index is 12.5. The van der Waals surface area contributed by atoms with E-state index in [1.807, 2.05) is 6.92 Å². The highest BCUT2D eigenvalue weighted by Gasteiger charge is 2.16. The molecule has 4 N–H and O–H groups in total. The fourth-order valence-electron chi connectivity index (χ4n) is 2.43. The molecule has 0 spiro atoms. The normalized spacial score (nSPS) is 10.6. The maximum atomic E-state index is 12.5. The van der Waals surface area contributed by atoms with E-state index in [9.17, 15) is 14.4 Å². The van der Waals surface area contributed by atoms with E-state index in [1.165, 1.54) is 12.5 Å². The number of carbonyl (C=O) groups excluding carboxylic acids is 2. The van der Waals surface area contributed by atoms with Gasteiger partial charge in [0.1, 0.15) is 5.65 Å². The summed E-state index contributed by atoms with van der Waals surface area (Å²) in [5.41, 5.74) is 1.03. The van der Waals surface area contributed by atoms with Crippen molar-refractivity contribution in [1.29, 1.82) is 0 Å². The largest absolute Gasteiger partial charge is 0.352 e. The summed E-state index contributed by atoms with van der Waals surface area (Å²) in [5.74, 6) is -0.665. The van der Waals surface area contributed by atoms with Crippen LogP contribution in [0.1, 0.15) is 34.1 Å². The van der Waals surface area contributed by atoms with Gasteiger partial charge in [-0.2, -0.15) is 0 Å². The maximum Gasteiger partial charge on any atom is 0.261 e. The first-order valence-electron chi connectivity index (χ1n) is 7.84. The number of nitrogens with one attached hydrogen (secondary N) is 4. The topological polar surface area (TPSA) is 120 Å². The lowest BCUT2D eigenvalue weighted by Crippen LogP contribution is -2.24. The molecular formula is C17H17N5O3. The van der Waals surface area contributed by atoms with Gasteiger partial charge in [0.2, 0.25) is 0 Å². The molecule has 2 amide bonds. The molecule has 2 heterocycles. The number of rotatable bonds is 5. The molecule has 8 nitrogen and oxygen atoms in total. The minimum atomic E-state index is -0.462. The van der Waals surface area contributed by atoms with Crippen molar-refractivity contribution in [2.24, 2.45) is 0 Å². The minimum absolute atomic E-state index is 0.185. The zero-order valence-corrected chi connectivity index (χ0v) is 13.6. The van der Waals surface area contributed by atoms with E-state index in [-0.39, 0.29) is 16.9 Å². The Labute approximate surface area is 142 Å². The molecule has 0 fully saturated rings. The van der Waals surface area contributed by atoms with Crippen molar-refractivity contribution in [1.82, 2.24) is 20.3 Å². The van der Waals surface area contributed by atoms with Crippen molar-refractivity contribution in [3.63, 3.8) is 0 Å². The standard InChI is InChI=1S/C17H17N5O3/c1-2-6-18-15(23)10-4-3-5-11(7-10)22-16(24)12-8-19-14-13(12)17(25)21-9-20-14/h3-5,7-9H,2,6H2,1H3,(H,18,23)(H,22,24)(H2,19,20,21,25). The molecule has 1 aromatic carbocycles. The number of anilines is 1. The van der Waals surface area contributed by atoms with Crippen molar-refractivity contribution in [2.45, 2.75) is 13.3 Å². The molecule has 2 aromatic heterocycles. The third-order valence-corrected chi connectivity index (χ3v) is 3.64. The van der Waals surface area contributed by atoms with Crippen LogP contribution in [0.3, 0.4) is 0 Å². The third kappa shape index (κ3) is 3.42. The molecule has 0 unspecified atom stereocenters. The molecule has 0 atom stereocenters. The van der Waals surface area contributed by atoms with Crippen LogP contribution >= 0.6 is 0 Å². The van der Waals surface area contributed by atoms with E-state index in [0.717, 1.165) is 6.42 Å². The smallest absolute Gasteiger partial charge is 0.261 e. The SMILES string of the molecule is CCCNC(=O)c1cccc(NC(=O)c2c[nH]c3nc[nH]c(=O)c23)c1. The first-order valence-corrected chi connectivity index (χ1v) is 7.84. The summed E-state index contributed by atoms with van der Waals surface area (Å²) in [6, 6.07) is 6.60. The third-order valence-electron chi connectivity index (χ3n) is 3.64. The number of nitrogens with zero attached hydrogens (tertiary/aromatic N) is 1. The van der Waals surface area contributed by atoms with Crippen LogP contribution in [0.4, 0.5) is 5.69 Å². The molecule has 0 saturated carbocycles. The zero-order chi connectivity index (χ0) is 17.8. The van der Waals surface area contributed by atoms with Gasteiger partial charge in [0, 0.05) is 24.0 Å². The number of fused-ring (bicyclic) bond motifs is 1. The van der Waals surface area contributed by atoms with Crippen molar-refractivity contribution < 1.29 is 9.59 Å². The van der Waals surface area contributed by atoms with Crippen molar-refractivity contribution in [3.05, 3.63) is 58.3 Å². The van der Waals surface area contributed by atoms with Gasteiger partial charge >= 0.3 is 0 Å². The second-order valence-electron chi connectivity index (χ2n) is 5.45. The van der Waals surface area contributed by atoms with Crippen LogP contribution in [-0.2, 0) is 0 Å². The monoisotopic (exact) mass is 339 g/mol. The second-order valence-corrected chi connectivity index (χ2v) is 5.45. The van der Waals surface area contributed by atoms with Crippen LogP contribution in [0.25, 0.3) is 11.0 Å².